The molecule has 3 atom stereocenters. The Morgan fingerprint density at radius 1 is 1.20 bits per heavy atom. The molecule has 1 saturated heterocycles. The standard InChI is InChI=1S/C16H20FN3/c1-10-7-11(2)12(3)20(8-10)16-13-5-4-6-14(17)15(13)18-9-19-16/h4-6,9-12H,7-8H2,1-3H3. The second-order valence-electron chi connectivity index (χ2n) is 6.04. The van der Waals surface area contributed by atoms with Crippen molar-refractivity contribution in [1.82, 2.24) is 9.97 Å². The monoisotopic (exact) mass is 273 g/mol. The predicted octanol–water partition coefficient (Wildman–Crippen LogP) is 3.64. The summed E-state index contributed by atoms with van der Waals surface area (Å²) >= 11 is 0. The van der Waals surface area contributed by atoms with Crippen LogP contribution in [-0.2, 0) is 0 Å². The molecule has 1 aromatic heterocycles. The Morgan fingerprint density at radius 3 is 2.80 bits per heavy atom. The Balaban J connectivity index is 2.12. The third-order valence-electron chi connectivity index (χ3n) is 4.46. The van der Waals surface area contributed by atoms with Gasteiger partial charge in [-0.15, -0.1) is 0 Å². The lowest BCUT2D eigenvalue weighted by Crippen LogP contribution is -2.46. The molecule has 3 rings (SSSR count). The number of piperidine rings is 1. The highest BCUT2D eigenvalue weighted by atomic mass is 19.1. The molecule has 0 saturated carbocycles. The summed E-state index contributed by atoms with van der Waals surface area (Å²) in [4.78, 5) is 10.8. The molecule has 0 aliphatic carbocycles. The number of hydrogen-bond acceptors (Lipinski definition) is 3. The topological polar surface area (TPSA) is 29.0 Å². The summed E-state index contributed by atoms with van der Waals surface area (Å²) < 4.78 is 13.9. The van der Waals surface area contributed by atoms with Gasteiger partial charge in [0.1, 0.15) is 23.5 Å². The van der Waals surface area contributed by atoms with Crippen LogP contribution in [0, 0.1) is 17.7 Å². The molecule has 0 spiro atoms. The molecule has 20 heavy (non-hydrogen) atoms. The molecule has 0 N–H and O–H groups in total. The number of halogens is 1. The maximum atomic E-state index is 13.9. The van der Waals surface area contributed by atoms with E-state index in [1.165, 1.54) is 18.8 Å². The summed E-state index contributed by atoms with van der Waals surface area (Å²) in [5, 5.41) is 0.806. The smallest absolute Gasteiger partial charge is 0.149 e. The van der Waals surface area contributed by atoms with Crippen molar-refractivity contribution in [3.63, 3.8) is 0 Å². The summed E-state index contributed by atoms with van der Waals surface area (Å²) in [5.74, 6) is 1.81. The first-order chi connectivity index (χ1) is 9.58. The van der Waals surface area contributed by atoms with Crippen molar-refractivity contribution in [2.45, 2.75) is 33.2 Å². The second-order valence-corrected chi connectivity index (χ2v) is 6.04. The van der Waals surface area contributed by atoms with E-state index in [1.807, 2.05) is 6.07 Å². The number of hydrogen-bond donors (Lipinski definition) is 0. The van der Waals surface area contributed by atoms with Crippen molar-refractivity contribution in [1.29, 1.82) is 0 Å². The van der Waals surface area contributed by atoms with Crippen molar-refractivity contribution in [2.75, 3.05) is 11.4 Å². The van der Waals surface area contributed by atoms with Crippen LogP contribution in [-0.4, -0.2) is 22.6 Å². The van der Waals surface area contributed by atoms with Gasteiger partial charge in [-0.25, -0.2) is 14.4 Å². The van der Waals surface area contributed by atoms with Gasteiger partial charge < -0.3 is 4.90 Å². The van der Waals surface area contributed by atoms with Gasteiger partial charge in [-0.2, -0.15) is 0 Å². The van der Waals surface area contributed by atoms with Crippen LogP contribution in [0.1, 0.15) is 27.2 Å². The number of rotatable bonds is 1. The highest BCUT2D eigenvalue weighted by molar-refractivity contribution is 5.89. The van der Waals surface area contributed by atoms with Crippen molar-refractivity contribution in [2.24, 2.45) is 11.8 Å². The Bertz CT molecular complexity index is 628. The van der Waals surface area contributed by atoms with Crippen molar-refractivity contribution in [3.8, 4) is 0 Å². The molecule has 3 unspecified atom stereocenters. The third kappa shape index (κ3) is 2.13. The molecule has 1 aliphatic heterocycles. The van der Waals surface area contributed by atoms with Crippen LogP contribution in [0.4, 0.5) is 10.2 Å². The molecule has 1 aromatic carbocycles. The maximum Gasteiger partial charge on any atom is 0.149 e. The highest BCUT2D eigenvalue weighted by Crippen LogP contribution is 2.33. The first-order valence-corrected chi connectivity index (χ1v) is 7.23. The molecule has 4 heteroatoms. The van der Waals surface area contributed by atoms with Gasteiger partial charge in [0.2, 0.25) is 0 Å². The van der Waals surface area contributed by atoms with Gasteiger partial charge in [-0.1, -0.05) is 19.9 Å². The molecule has 0 amide bonds. The molecule has 0 radical (unpaired) electrons. The Morgan fingerprint density at radius 2 is 2.00 bits per heavy atom. The van der Waals surface area contributed by atoms with E-state index in [9.17, 15) is 4.39 Å². The second kappa shape index (κ2) is 5.00. The van der Waals surface area contributed by atoms with Crippen LogP contribution in [0.3, 0.4) is 0 Å². The molecule has 3 nitrogen and oxygen atoms in total. The molecule has 0 bridgehead atoms. The number of aromatic nitrogens is 2. The number of benzene rings is 1. The largest absolute Gasteiger partial charge is 0.353 e. The van der Waals surface area contributed by atoms with E-state index in [-0.39, 0.29) is 5.82 Å². The van der Waals surface area contributed by atoms with Crippen LogP contribution in [0.25, 0.3) is 10.9 Å². The van der Waals surface area contributed by atoms with Crippen LogP contribution >= 0.6 is 0 Å². The quantitative estimate of drug-likeness (QED) is 0.794. The first-order valence-electron chi connectivity index (χ1n) is 7.23. The van der Waals surface area contributed by atoms with Crippen molar-refractivity contribution in [3.05, 3.63) is 30.3 Å². The van der Waals surface area contributed by atoms with E-state index in [4.69, 9.17) is 0 Å². The van der Waals surface area contributed by atoms with Gasteiger partial charge in [0.05, 0.1) is 0 Å². The van der Waals surface area contributed by atoms with Crippen molar-refractivity contribution < 1.29 is 4.39 Å². The average Bonchev–Trinajstić information content (AvgIpc) is 2.43. The summed E-state index contributed by atoms with van der Waals surface area (Å²) in [5.41, 5.74) is 0.413. The molecule has 2 heterocycles. The Labute approximate surface area is 118 Å². The van der Waals surface area contributed by atoms with Crippen LogP contribution in [0.2, 0.25) is 0 Å². The minimum absolute atomic E-state index is 0.281. The summed E-state index contributed by atoms with van der Waals surface area (Å²) in [6, 6.07) is 5.49. The van der Waals surface area contributed by atoms with Gasteiger partial charge in [0, 0.05) is 18.0 Å². The fourth-order valence-corrected chi connectivity index (χ4v) is 3.26. The molecular weight excluding hydrogens is 253 g/mol. The number of anilines is 1. The predicted molar refractivity (Wildman–Crippen MR) is 79.2 cm³/mol. The normalized spacial score (nSPS) is 27.0. The van der Waals surface area contributed by atoms with Crippen LogP contribution in [0.5, 0.6) is 0 Å². The van der Waals surface area contributed by atoms with E-state index in [0.29, 0.717) is 23.4 Å². The lowest BCUT2D eigenvalue weighted by molar-refractivity contribution is 0.296. The first kappa shape index (κ1) is 13.3. The van der Waals surface area contributed by atoms with E-state index in [2.05, 4.69) is 35.6 Å². The fraction of sp³-hybridized carbons (Fsp3) is 0.500. The third-order valence-corrected chi connectivity index (χ3v) is 4.46. The molecule has 1 fully saturated rings. The molecule has 1 aliphatic rings. The van der Waals surface area contributed by atoms with E-state index >= 15 is 0 Å². The SMILES string of the molecule is CC1CC(C)C(C)N(c2ncnc3c(F)cccc23)C1. The molecule has 2 aromatic rings. The van der Waals surface area contributed by atoms with Gasteiger partial charge in [-0.3, -0.25) is 0 Å². The Kier molecular flexibility index (Phi) is 3.32. The minimum atomic E-state index is -0.281. The zero-order valence-electron chi connectivity index (χ0n) is 12.2. The molecular formula is C16H20FN3. The minimum Gasteiger partial charge on any atom is -0.353 e. The molecule has 106 valence electrons. The summed E-state index contributed by atoms with van der Waals surface area (Å²) in [6.07, 6.45) is 2.70. The number of para-hydroxylation sites is 1. The maximum absolute atomic E-state index is 13.9. The lowest BCUT2D eigenvalue weighted by Gasteiger charge is -2.42. The van der Waals surface area contributed by atoms with Gasteiger partial charge in [0.15, 0.2) is 0 Å². The van der Waals surface area contributed by atoms with E-state index < -0.39 is 0 Å². The van der Waals surface area contributed by atoms with Crippen molar-refractivity contribution >= 4 is 16.7 Å². The van der Waals surface area contributed by atoms with Crippen LogP contribution < -0.4 is 4.90 Å². The van der Waals surface area contributed by atoms with Gasteiger partial charge >= 0.3 is 0 Å². The zero-order chi connectivity index (χ0) is 14.3. The zero-order valence-corrected chi connectivity index (χ0v) is 12.2. The van der Waals surface area contributed by atoms with Gasteiger partial charge in [0.25, 0.3) is 0 Å². The van der Waals surface area contributed by atoms with E-state index in [0.717, 1.165) is 17.7 Å². The number of fused-ring (bicyclic) bond motifs is 1. The average molecular weight is 273 g/mol. The Hall–Kier alpha value is -1.71. The highest BCUT2D eigenvalue weighted by Gasteiger charge is 2.30. The number of nitrogens with zero attached hydrogens (tertiary/aromatic N) is 3. The summed E-state index contributed by atoms with van der Waals surface area (Å²) in [6.45, 7) is 7.73. The van der Waals surface area contributed by atoms with Gasteiger partial charge in [-0.05, 0) is 37.3 Å². The summed E-state index contributed by atoms with van der Waals surface area (Å²) in [7, 11) is 0. The fourth-order valence-electron chi connectivity index (χ4n) is 3.26. The van der Waals surface area contributed by atoms with E-state index in [1.54, 1.807) is 6.07 Å². The lowest BCUT2D eigenvalue weighted by atomic mass is 9.86. The van der Waals surface area contributed by atoms with Crippen LogP contribution in [0.15, 0.2) is 24.5 Å².